The Hall–Kier alpha value is -1.05. The standard InChI is InChI=1S/C11H15O3P/c1-4-7-15(12,13)14-11-6-5-9(2)10(3)8-11/h4-6,8H,1,7H2,2-3H3,(H,12,13). The molecule has 1 unspecified atom stereocenters. The Morgan fingerprint density at radius 3 is 2.67 bits per heavy atom. The molecule has 0 bridgehead atoms. The van der Waals surface area contributed by atoms with Gasteiger partial charge in [-0.05, 0) is 37.1 Å². The van der Waals surface area contributed by atoms with Crippen LogP contribution in [0.1, 0.15) is 11.1 Å². The van der Waals surface area contributed by atoms with E-state index < -0.39 is 7.60 Å². The second-order valence-corrected chi connectivity index (χ2v) is 5.27. The van der Waals surface area contributed by atoms with E-state index in [0.717, 1.165) is 11.1 Å². The van der Waals surface area contributed by atoms with Crippen LogP contribution in [0.25, 0.3) is 0 Å². The summed E-state index contributed by atoms with van der Waals surface area (Å²) in [5.41, 5.74) is 2.16. The van der Waals surface area contributed by atoms with Crippen molar-refractivity contribution < 1.29 is 14.0 Å². The lowest BCUT2D eigenvalue weighted by Gasteiger charge is -2.12. The minimum absolute atomic E-state index is 0.0417. The van der Waals surface area contributed by atoms with Gasteiger partial charge in [0.25, 0.3) is 0 Å². The largest absolute Gasteiger partial charge is 0.424 e. The smallest absolute Gasteiger partial charge is 0.380 e. The second kappa shape index (κ2) is 4.65. The first kappa shape index (κ1) is 12.0. The molecule has 15 heavy (non-hydrogen) atoms. The van der Waals surface area contributed by atoms with E-state index >= 15 is 0 Å². The molecule has 0 saturated heterocycles. The predicted molar refractivity (Wildman–Crippen MR) is 61.4 cm³/mol. The Labute approximate surface area is 89.9 Å². The molecule has 0 aromatic heterocycles. The first-order valence-corrected chi connectivity index (χ1v) is 6.40. The van der Waals surface area contributed by atoms with Crippen molar-refractivity contribution in [1.29, 1.82) is 0 Å². The van der Waals surface area contributed by atoms with Crippen LogP contribution in [0.4, 0.5) is 0 Å². The normalized spacial score (nSPS) is 14.3. The van der Waals surface area contributed by atoms with Gasteiger partial charge in [0.05, 0.1) is 6.16 Å². The van der Waals surface area contributed by atoms with Crippen LogP contribution in [0.5, 0.6) is 5.75 Å². The number of hydrogen-bond donors (Lipinski definition) is 1. The van der Waals surface area contributed by atoms with Gasteiger partial charge in [0.1, 0.15) is 5.75 Å². The van der Waals surface area contributed by atoms with E-state index in [1.807, 2.05) is 19.9 Å². The Morgan fingerprint density at radius 1 is 1.47 bits per heavy atom. The molecular formula is C11H15O3P. The Balaban J connectivity index is 2.85. The average Bonchev–Trinajstić information content (AvgIpc) is 2.10. The Bertz CT molecular complexity index is 412. The van der Waals surface area contributed by atoms with E-state index in [0.29, 0.717) is 5.75 Å². The van der Waals surface area contributed by atoms with Gasteiger partial charge in [0.15, 0.2) is 0 Å². The minimum Gasteiger partial charge on any atom is -0.424 e. The predicted octanol–water partition coefficient (Wildman–Crippen LogP) is 3.05. The van der Waals surface area contributed by atoms with Crippen molar-refractivity contribution in [3.8, 4) is 5.75 Å². The molecule has 0 radical (unpaired) electrons. The fourth-order valence-electron chi connectivity index (χ4n) is 1.14. The monoisotopic (exact) mass is 226 g/mol. The molecule has 0 spiro atoms. The van der Waals surface area contributed by atoms with Crippen molar-refractivity contribution in [2.24, 2.45) is 0 Å². The van der Waals surface area contributed by atoms with Crippen molar-refractivity contribution in [1.82, 2.24) is 0 Å². The number of rotatable bonds is 4. The maximum Gasteiger partial charge on any atom is 0.380 e. The lowest BCUT2D eigenvalue weighted by atomic mass is 10.1. The summed E-state index contributed by atoms with van der Waals surface area (Å²) >= 11 is 0. The van der Waals surface area contributed by atoms with Crippen molar-refractivity contribution >= 4 is 7.60 Å². The van der Waals surface area contributed by atoms with E-state index in [9.17, 15) is 9.46 Å². The molecule has 1 aromatic rings. The molecule has 3 nitrogen and oxygen atoms in total. The van der Waals surface area contributed by atoms with E-state index in [-0.39, 0.29) is 6.16 Å². The third kappa shape index (κ3) is 3.54. The maximum atomic E-state index is 11.4. The van der Waals surface area contributed by atoms with Crippen molar-refractivity contribution in [2.75, 3.05) is 6.16 Å². The summed E-state index contributed by atoms with van der Waals surface area (Å²) in [4.78, 5) is 9.39. The second-order valence-electron chi connectivity index (χ2n) is 3.45. The van der Waals surface area contributed by atoms with Crippen LogP contribution >= 0.6 is 7.60 Å². The van der Waals surface area contributed by atoms with Crippen molar-refractivity contribution in [2.45, 2.75) is 13.8 Å². The highest BCUT2D eigenvalue weighted by Crippen LogP contribution is 2.42. The quantitative estimate of drug-likeness (QED) is 0.634. The van der Waals surface area contributed by atoms with Crippen LogP contribution in [0, 0.1) is 13.8 Å². The maximum absolute atomic E-state index is 11.4. The minimum atomic E-state index is -3.57. The highest BCUT2D eigenvalue weighted by Gasteiger charge is 2.18. The molecule has 0 aliphatic rings. The third-order valence-corrected chi connectivity index (χ3v) is 3.30. The van der Waals surface area contributed by atoms with Crippen LogP contribution in [0.3, 0.4) is 0 Å². The van der Waals surface area contributed by atoms with Crippen LogP contribution in [0.15, 0.2) is 30.9 Å². The highest BCUT2D eigenvalue weighted by atomic mass is 31.2. The molecule has 0 saturated carbocycles. The summed E-state index contributed by atoms with van der Waals surface area (Å²) in [7, 11) is -3.57. The average molecular weight is 226 g/mol. The highest BCUT2D eigenvalue weighted by molar-refractivity contribution is 7.53. The summed E-state index contributed by atoms with van der Waals surface area (Å²) in [5, 5.41) is 0. The summed E-state index contributed by atoms with van der Waals surface area (Å²) in [6, 6.07) is 5.30. The molecule has 82 valence electrons. The Kier molecular flexibility index (Phi) is 3.72. The first-order valence-electron chi connectivity index (χ1n) is 4.64. The van der Waals surface area contributed by atoms with E-state index in [1.165, 1.54) is 6.08 Å². The Morgan fingerprint density at radius 2 is 2.13 bits per heavy atom. The van der Waals surface area contributed by atoms with Crippen LogP contribution in [-0.2, 0) is 4.57 Å². The first-order chi connectivity index (χ1) is 6.94. The SMILES string of the molecule is C=CCP(=O)(O)Oc1ccc(C)c(C)c1. The third-order valence-electron chi connectivity index (χ3n) is 2.09. The van der Waals surface area contributed by atoms with Gasteiger partial charge in [-0.15, -0.1) is 6.58 Å². The summed E-state index contributed by atoms with van der Waals surface area (Å²) in [6.45, 7) is 7.31. The van der Waals surface area contributed by atoms with Crippen LogP contribution in [0.2, 0.25) is 0 Å². The lowest BCUT2D eigenvalue weighted by molar-refractivity contribution is 0.383. The van der Waals surface area contributed by atoms with Crippen molar-refractivity contribution in [3.05, 3.63) is 42.0 Å². The van der Waals surface area contributed by atoms with E-state index in [1.54, 1.807) is 12.1 Å². The molecule has 4 heteroatoms. The number of benzene rings is 1. The van der Waals surface area contributed by atoms with Gasteiger partial charge in [-0.3, -0.25) is 0 Å². The molecule has 0 fully saturated rings. The molecule has 1 atom stereocenters. The molecule has 0 amide bonds. The van der Waals surface area contributed by atoms with Gasteiger partial charge in [0, 0.05) is 0 Å². The summed E-state index contributed by atoms with van der Waals surface area (Å²) < 4.78 is 16.5. The summed E-state index contributed by atoms with van der Waals surface area (Å²) in [6.07, 6.45) is 1.34. The zero-order chi connectivity index (χ0) is 11.5. The molecule has 1 N–H and O–H groups in total. The zero-order valence-corrected chi connectivity index (χ0v) is 9.83. The topological polar surface area (TPSA) is 46.5 Å². The zero-order valence-electron chi connectivity index (χ0n) is 8.93. The molecular weight excluding hydrogens is 211 g/mol. The van der Waals surface area contributed by atoms with Gasteiger partial charge < -0.3 is 9.42 Å². The van der Waals surface area contributed by atoms with Gasteiger partial charge in [-0.1, -0.05) is 12.1 Å². The molecule has 0 heterocycles. The summed E-state index contributed by atoms with van der Waals surface area (Å²) in [5.74, 6) is 0.422. The number of allylic oxidation sites excluding steroid dienone is 1. The molecule has 0 aliphatic heterocycles. The molecule has 1 aromatic carbocycles. The number of aryl methyl sites for hydroxylation is 2. The fourth-order valence-corrected chi connectivity index (χ4v) is 1.98. The molecule has 1 rings (SSSR count). The van der Waals surface area contributed by atoms with E-state index in [4.69, 9.17) is 4.52 Å². The van der Waals surface area contributed by atoms with Gasteiger partial charge >= 0.3 is 7.60 Å². The van der Waals surface area contributed by atoms with Gasteiger partial charge in [-0.25, -0.2) is 4.57 Å². The molecule has 0 aliphatic carbocycles. The van der Waals surface area contributed by atoms with Crippen LogP contribution in [-0.4, -0.2) is 11.1 Å². The van der Waals surface area contributed by atoms with E-state index in [2.05, 4.69) is 6.58 Å². The number of hydrogen-bond acceptors (Lipinski definition) is 2. The van der Waals surface area contributed by atoms with Crippen LogP contribution < -0.4 is 4.52 Å². The fraction of sp³-hybridized carbons (Fsp3) is 0.273. The lowest BCUT2D eigenvalue weighted by Crippen LogP contribution is -1.95. The van der Waals surface area contributed by atoms with Gasteiger partial charge in [0.2, 0.25) is 0 Å². The van der Waals surface area contributed by atoms with Gasteiger partial charge in [-0.2, -0.15) is 0 Å². The van der Waals surface area contributed by atoms with Crippen molar-refractivity contribution in [3.63, 3.8) is 0 Å².